The zero-order valence-electron chi connectivity index (χ0n) is 7.74. The second-order valence-corrected chi connectivity index (χ2v) is 4.96. The quantitative estimate of drug-likeness (QED) is 0.800. The molecule has 0 aromatic heterocycles. The highest BCUT2D eigenvalue weighted by Crippen LogP contribution is 2.41. The number of rotatable bonds is 2. The van der Waals surface area contributed by atoms with Gasteiger partial charge in [-0.1, -0.05) is 11.6 Å². The molecule has 0 aliphatic carbocycles. The Labute approximate surface area is 105 Å². The van der Waals surface area contributed by atoms with Gasteiger partial charge in [-0.3, -0.25) is 0 Å². The highest BCUT2D eigenvalue weighted by Gasteiger charge is 2.16. The van der Waals surface area contributed by atoms with E-state index in [1.807, 2.05) is 20.0 Å². The molecule has 2 N–H and O–H groups in total. The van der Waals surface area contributed by atoms with E-state index >= 15 is 0 Å². The average Bonchev–Trinajstić information content (AvgIpc) is 2.19. The fraction of sp³-hybridized carbons (Fsp3) is 0.333. The van der Waals surface area contributed by atoms with Crippen LogP contribution in [-0.2, 0) is 0 Å². The Morgan fingerprint density at radius 1 is 1.50 bits per heavy atom. The number of phenols is 1. The lowest BCUT2D eigenvalue weighted by atomic mass is 10.1. The smallest absolute Gasteiger partial charge is 0.136 e. The molecular formula is C9H10Br2ClNO. The van der Waals surface area contributed by atoms with Gasteiger partial charge in [-0.2, -0.15) is 0 Å². The molecule has 0 saturated carbocycles. The van der Waals surface area contributed by atoms with Crippen molar-refractivity contribution in [2.24, 2.45) is 0 Å². The van der Waals surface area contributed by atoms with Crippen LogP contribution < -0.4 is 5.32 Å². The van der Waals surface area contributed by atoms with Gasteiger partial charge < -0.3 is 10.4 Å². The van der Waals surface area contributed by atoms with Gasteiger partial charge in [0.25, 0.3) is 0 Å². The number of hydrogen-bond donors (Lipinski definition) is 2. The van der Waals surface area contributed by atoms with E-state index in [9.17, 15) is 5.11 Å². The van der Waals surface area contributed by atoms with Gasteiger partial charge in [0.05, 0.1) is 9.50 Å². The topological polar surface area (TPSA) is 32.3 Å². The van der Waals surface area contributed by atoms with E-state index in [-0.39, 0.29) is 11.8 Å². The summed E-state index contributed by atoms with van der Waals surface area (Å²) < 4.78 is 1.28. The highest BCUT2D eigenvalue weighted by atomic mass is 79.9. The van der Waals surface area contributed by atoms with E-state index in [1.165, 1.54) is 0 Å². The molecule has 0 amide bonds. The molecule has 0 unspecified atom stereocenters. The molecule has 0 heterocycles. The van der Waals surface area contributed by atoms with Crippen LogP contribution >= 0.6 is 43.5 Å². The van der Waals surface area contributed by atoms with Gasteiger partial charge in [0, 0.05) is 16.1 Å². The van der Waals surface area contributed by atoms with E-state index in [0.717, 1.165) is 10.0 Å². The molecule has 2 nitrogen and oxygen atoms in total. The maximum Gasteiger partial charge on any atom is 0.136 e. The Morgan fingerprint density at radius 3 is 2.57 bits per heavy atom. The first-order chi connectivity index (χ1) is 6.49. The SMILES string of the molecule is CN[C@H](C)c1cc(Br)c(Cl)c(Br)c1O. The number of hydrogen-bond acceptors (Lipinski definition) is 2. The lowest BCUT2D eigenvalue weighted by Crippen LogP contribution is -2.12. The third kappa shape index (κ3) is 2.24. The van der Waals surface area contributed by atoms with Gasteiger partial charge in [-0.15, -0.1) is 0 Å². The second kappa shape index (κ2) is 4.84. The molecule has 78 valence electrons. The molecule has 0 saturated heterocycles. The minimum atomic E-state index is 0.0693. The molecule has 0 aliphatic rings. The molecular weight excluding hydrogens is 333 g/mol. The summed E-state index contributed by atoms with van der Waals surface area (Å²) in [5.74, 6) is 0.181. The normalized spacial score (nSPS) is 12.9. The van der Waals surface area contributed by atoms with Crippen molar-refractivity contribution in [3.8, 4) is 5.75 Å². The monoisotopic (exact) mass is 341 g/mol. The number of aromatic hydroxyl groups is 1. The zero-order valence-corrected chi connectivity index (χ0v) is 11.7. The first kappa shape index (κ1) is 12.3. The first-order valence-electron chi connectivity index (χ1n) is 4.02. The van der Waals surface area contributed by atoms with Crippen LogP contribution in [0.25, 0.3) is 0 Å². The molecule has 1 atom stereocenters. The minimum Gasteiger partial charge on any atom is -0.506 e. The summed E-state index contributed by atoms with van der Waals surface area (Å²) in [5, 5.41) is 13.3. The Morgan fingerprint density at radius 2 is 2.07 bits per heavy atom. The molecule has 14 heavy (non-hydrogen) atoms. The van der Waals surface area contributed by atoms with Crippen molar-refractivity contribution in [1.82, 2.24) is 5.32 Å². The van der Waals surface area contributed by atoms with Crippen molar-refractivity contribution in [2.75, 3.05) is 7.05 Å². The molecule has 5 heteroatoms. The number of benzene rings is 1. The third-order valence-corrected chi connectivity index (χ3v) is 4.31. The number of nitrogens with one attached hydrogen (secondary N) is 1. The van der Waals surface area contributed by atoms with Crippen molar-refractivity contribution >= 4 is 43.5 Å². The standard InChI is InChI=1S/C9H10Br2ClNO/c1-4(13-2)5-3-6(10)8(12)7(11)9(5)14/h3-4,13-14H,1-2H3/t4-/m1/s1. The first-order valence-corrected chi connectivity index (χ1v) is 5.99. The van der Waals surface area contributed by atoms with Crippen LogP contribution in [0.3, 0.4) is 0 Å². The van der Waals surface area contributed by atoms with E-state index in [0.29, 0.717) is 9.50 Å². The van der Waals surface area contributed by atoms with Gasteiger partial charge in [-0.05, 0) is 51.9 Å². The maximum absolute atomic E-state index is 9.81. The van der Waals surface area contributed by atoms with E-state index in [4.69, 9.17) is 11.6 Å². The summed E-state index contributed by atoms with van der Waals surface area (Å²) in [6, 6.07) is 1.88. The van der Waals surface area contributed by atoms with Gasteiger partial charge in [0.15, 0.2) is 0 Å². The minimum absolute atomic E-state index is 0.0693. The average molecular weight is 343 g/mol. The lowest BCUT2D eigenvalue weighted by Gasteiger charge is -2.15. The Kier molecular flexibility index (Phi) is 4.25. The van der Waals surface area contributed by atoms with Crippen LogP contribution in [0.2, 0.25) is 5.02 Å². The van der Waals surface area contributed by atoms with Crippen LogP contribution in [0.1, 0.15) is 18.5 Å². The summed E-state index contributed by atoms with van der Waals surface area (Å²) in [6.07, 6.45) is 0. The molecule has 1 aromatic carbocycles. The van der Waals surface area contributed by atoms with Gasteiger partial charge in [0.2, 0.25) is 0 Å². The van der Waals surface area contributed by atoms with E-state index in [1.54, 1.807) is 0 Å². The summed E-state index contributed by atoms with van der Waals surface area (Å²) in [7, 11) is 1.83. The molecule has 0 bridgehead atoms. The Balaban J connectivity index is 3.33. The van der Waals surface area contributed by atoms with Gasteiger partial charge in [0.1, 0.15) is 5.75 Å². The van der Waals surface area contributed by atoms with Crippen LogP contribution in [-0.4, -0.2) is 12.2 Å². The van der Waals surface area contributed by atoms with Crippen LogP contribution in [0.15, 0.2) is 15.0 Å². The molecule has 0 fully saturated rings. The fourth-order valence-electron chi connectivity index (χ4n) is 1.09. The summed E-state index contributed by atoms with van der Waals surface area (Å²) >= 11 is 12.5. The zero-order chi connectivity index (χ0) is 10.9. The van der Waals surface area contributed by atoms with Crippen LogP contribution in [0, 0.1) is 0 Å². The Bertz CT molecular complexity index is 357. The molecule has 0 radical (unpaired) electrons. The Hall–Kier alpha value is 0.230. The molecule has 1 aromatic rings. The highest BCUT2D eigenvalue weighted by molar-refractivity contribution is 9.11. The van der Waals surface area contributed by atoms with Gasteiger partial charge in [-0.25, -0.2) is 0 Å². The van der Waals surface area contributed by atoms with E-state index in [2.05, 4.69) is 37.2 Å². The van der Waals surface area contributed by atoms with Crippen molar-refractivity contribution < 1.29 is 5.11 Å². The van der Waals surface area contributed by atoms with Crippen LogP contribution in [0.4, 0.5) is 0 Å². The van der Waals surface area contributed by atoms with Crippen molar-refractivity contribution in [3.05, 3.63) is 25.6 Å². The van der Waals surface area contributed by atoms with Crippen LogP contribution in [0.5, 0.6) is 5.75 Å². The maximum atomic E-state index is 9.81. The predicted octanol–water partition coefficient (Wildman–Crippen LogP) is 3.85. The fourth-order valence-corrected chi connectivity index (χ4v) is 2.39. The summed E-state index contributed by atoms with van der Waals surface area (Å²) in [6.45, 7) is 1.96. The predicted molar refractivity (Wildman–Crippen MR) is 66.0 cm³/mol. The van der Waals surface area contributed by atoms with Crippen molar-refractivity contribution in [2.45, 2.75) is 13.0 Å². The third-order valence-electron chi connectivity index (χ3n) is 2.07. The van der Waals surface area contributed by atoms with E-state index < -0.39 is 0 Å². The number of phenolic OH excluding ortho intramolecular Hbond substituents is 1. The molecule has 0 aliphatic heterocycles. The van der Waals surface area contributed by atoms with Crippen molar-refractivity contribution in [3.63, 3.8) is 0 Å². The van der Waals surface area contributed by atoms with Crippen molar-refractivity contribution in [1.29, 1.82) is 0 Å². The number of halogens is 3. The molecule has 1 rings (SSSR count). The summed E-state index contributed by atoms with van der Waals surface area (Å²) in [4.78, 5) is 0. The van der Waals surface area contributed by atoms with Gasteiger partial charge >= 0.3 is 0 Å². The lowest BCUT2D eigenvalue weighted by molar-refractivity contribution is 0.454. The second-order valence-electron chi connectivity index (χ2n) is 2.93. The molecule has 0 spiro atoms. The largest absolute Gasteiger partial charge is 0.506 e. The summed E-state index contributed by atoms with van der Waals surface area (Å²) in [5.41, 5.74) is 0.802.